The van der Waals surface area contributed by atoms with Crippen LogP contribution in [0, 0.1) is 23.6 Å². The molecule has 0 aliphatic heterocycles. The van der Waals surface area contributed by atoms with E-state index >= 15 is 0 Å². The summed E-state index contributed by atoms with van der Waals surface area (Å²) in [6, 6.07) is 7.78. The number of hydrogen-bond donors (Lipinski definition) is 3. The van der Waals surface area contributed by atoms with Crippen molar-refractivity contribution in [3.8, 4) is 12.3 Å². The summed E-state index contributed by atoms with van der Waals surface area (Å²) in [6.07, 6.45) is 8.04. The number of anilines is 3. The summed E-state index contributed by atoms with van der Waals surface area (Å²) in [5.74, 6) is 2.32. The number of aromatic nitrogens is 2. The molecule has 5 nitrogen and oxygen atoms in total. The molecule has 0 bridgehead atoms. The van der Waals surface area contributed by atoms with Gasteiger partial charge in [0.2, 0.25) is 5.95 Å². The lowest BCUT2D eigenvalue weighted by atomic mass is 10.1. The molecule has 0 aliphatic carbocycles. The second kappa shape index (κ2) is 5.73. The molecule has 3 aromatic rings. The standard InChI is InChI=1S/C17H12FN5/c1-2-10-3-4-15-11(5-10)9-21-17(22-15)23-16-7-12(18)6-14(20)13(16)8-19/h1,3-9,19H,20H2,(H,21,22,23). The third-order valence-corrected chi connectivity index (χ3v) is 3.31. The van der Waals surface area contributed by atoms with Gasteiger partial charge in [0.1, 0.15) is 5.82 Å². The second-order valence-corrected chi connectivity index (χ2v) is 4.84. The summed E-state index contributed by atoms with van der Waals surface area (Å²) >= 11 is 0. The second-order valence-electron chi connectivity index (χ2n) is 4.84. The third kappa shape index (κ3) is 2.80. The Morgan fingerprint density at radius 2 is 2.13 bits per heavy atom. The van der Waals surface area contributed by atoms with E-state index in [1.165, 1.54) is 6.07 Å². The lowest BCUT2D eigenvalue weighted by Crippen LogP contribution is -2.03. The number of terminal acetylenes is 1. The van der Waals surface area contributed by atoms with Gasteiger partial charge in [-0.05, 0) is 30.3 Å². The molecule has 2 aromatic carbocycles. The summed E-state index contributed by atoms with van der Waals surface area (Å²) < 4.78 is 13.5. The van der Waals surface area contributed by atoms with Crippen LogP contribution in [0.3, 0.4) is 0 Å². The number of fused-ring (bicyclic) bond motifs is 1. The minimum absolute atomic E-state index is 0.168. The quantitative estimate of drug-likeness (QED) is 0.394. The molecule has 0 radical (unpaired) electrons. The van der Waals surface area contributed by atoms with Crippen molar-refractivity contribution in [1.82, 2.24) is 9.97 Å². The first-order valence-electron chi connectivity index (χ1n) is 6.70. The number of nitrogen functional groups attached to an aromatic ring is 1. The maximum atomic E-state index is 13.5. The molecule has 4 N–H and O–H groups in total. The predicted molar refractivity (Wildman–Crippen MR) is 89.5 cm³/mol. The largest absolute Gasteiger partial charge is 0.398 e. The van der Waals surface area contributed by atoms with Crippen LogP contribution < -0.4 is 11.1 Å². The number of nitrogens with zero attached hydrogens (tertiary/aromatic N) is 2. The molecule has 3 rings (SSSR count). The van der Waals surface area contributed by atoms with E-state index in [1.807, 2.05) is 6.07 Å². The molecule has 0 amide bonds. The van der Waals surface area contributed by atoms with Crippen LogP contribution in [-0.4, -0.2) is 16.2 Å². The van der Waals surface area contributed by atoms with Crippen molar-refractivity contribution >= 4 is 34.4 Å². The number of rotatable bonds is 3. The fourth-order valence-electron chi connectivity index (χ4n) is 2.21. The van der Waals surface area contributed by atoms with Gasteiger partial charge in [-0.25, -0.2) is 14.4 Å². The Labute approximate surface area is 131 Å². The van der Waals surface area contributed by atoms with Gasteiger partial charge < -0.3 is 16.5 Å². The summed E-state index contributed by atoms with van der Waals surface area (Å²) in [5, 5.41) is 11.1. The Morgan fingerprint density at radius 3 is 2.87 bits per heavy atom. The number of nitrogens with two attached hydrogens (primary N) is 1. The highest BCUT2D eigenvalue weighted by atomic mass is 19.1. The first-order chi connectivity index (χ1) is 11.1. The van der Waals surface area contributed by atoms with Crippen LogP contribution in [0.25, 0.3) is 10.9 Å². The Morgan fingerprint density at radius 1 is 1.30 bits per heavy atom. The smallest absolute Gasteiger partial charge is 0.227 e. The lowest BCUT2D eigenvalue weighted by molar-refractivity contribution is 0.629. The minimum atomic E-state index is -0.505. The van der Waals surface area contributed by atoms with E-state index in [1.54, 1.807) is 18.3 Å². The Kier molecular flexibility index (Phi) is 3.61. The molecule has 1 heterocycles. The molecule has 1 aromatic heterocycles. The monoisotopic (exact) mass is 305 g/mol. The van der Waals surface area contributed by atoms with Gasteiger partial charge in [0.05, 0.1) is 11.2 Å². The maximum absolute atomic E-state index is 13.5. The van der Waals surface area contributed by atoms with Gasteiger partial charge in [-0.3, -0.25) is 0 Å². The Bertz CT molecular complexity index is 959. The molecule has 0 aliphatic rings. The van der Waals surface area contributed by atoms with Crippen molar-refractivity contribution < 1.29 is 4.39 Å². The first-order valence-corrected chi connectivity index (χ1v) is 6.70. The van der Waals surface area contributed by atoms with Crippen molar-refractivity contribution in [1.29, 1.82) is 5.41 Å². The van der Waals surface area contributed by atoms with Gasteiger partial charge in [0.15, 0.2) is 0 Å². The summed E-state index contributed by atoms with van der Waals surface area (Å²) in [6.45, 7) is 0. The number of hydrogen-bond acceptors (Lipinski definition) is 5. The van der Waals surface area contributed by atoms with Gasteiger partial charge in [-0.2, -0.15) is 0 Å². The molecular weight excluding hydrogens is 293 g/mol. The number of benzene rings is 2. The average molecular weight is 305 g/mol. The van der Waals surface area contributed by atoms with Gasteiger partial charge in [0, 0.05) is 34.6 Å². The van der Waals surface area contributed by atoms with Crippen LogP contribution in [0.2, 0.25) is 0 Å². The van der Waals surface area contributed by atoms with E-state index in [2.05, 4.69) is 21.2 Å². The topological polar surface area (TPSA) is 87.7 Å². The molecule has 0 unspecified atom stereocenters. The van der Waals surface area contributed by atoms with Crippen LogP contribution in [0.15, 0.2) is 36.5 Å². The summed E-state index contributed by atoms with van der Waals surface area (Å²) in [7, 11) is 0. The van der Waals surface area contributed by atoms with E-state index in [4.69, 9.17) is 17.6 Å². The van der Waals surface area contributed by atoms with Crippen molar-refractivity contribution in [3.05, 3.63) is 53.5 Å². The van der Waals surface area contributed by atoms with Gasteiger partial charge >= 0.3 is 0 Å². The van der Waals surface area contributed by atoms with E-state index < -0.39 is 5.82 Å². The van der Waals surface area contributed by atoms with Crippen LogP contribution in [-0.2, 0) is 0 Å². The maximum Gasteiger partial charge on any atom is 0.227 e. The summed E-state index contributed by atoms with van der Waals surface area (Å²) in [5.41, 5.74) is 8.03. The fraction of sp³-hybridized carbons (Fsp3) is 0. The molecule has 112 valence electrons. The highest BCUT2D eigenvalue weighted by molar-refractivity contribution is 5.93. The van der Waals surface area contributed by atoms with Crippen LogP contribution in [0.4, 0.5) is 21.7 Å². The van der Waals surface area contributed by atoms with Crippen molar-refractivity contribution in [2.24, 2.45) is 0 Å². The highest BCUT2D eigenvalue weighted by Crippen LogP contribution is 2.25. The van der Waals surface area contributed by atoms with E-state index in [-0.39, 0.29) is 11.6 Å². The molecule has 0 fully saturated rings. The predicted octanol–water partition coefficient (Wildman–Crippen LogP) is 3.07. The zero-order valence-corrected chi connectivity index (χ0v) is 12.0. The molecular formula is C17H12FN5. The SMILES string of the molecule is C#Cc1ccc2nc(Nc3cc(F)cc(N)c3C=N)ncc2c1. The molecule has 0 saturated carbocycles. The fourth-order valence-corrected chi connectivity index (χ4v) is 2.21. The zero-order chi connectivity index (χ0) is 16.4. The number of halogens is 1. The van der Waals surface area contributed by atoms with Crippen molar-refractivity contribution in [2.45, 2.75) is 0 Å². The molecule has 6 heteroatoms. The van der Waals surface area contributed by atoms with Crippen LogP contribution in [0.1, 0.15) is 11.1 Å². The van der Waals surface area contributed by atoms with Gasteiger partial charge in [-0.15, -0.1) is 6.42 Å². The summed E-state index contributed by atoms with van der Waals surface area (Å²) in [4.78, 5) is 8.53. The van der Waals surface area contributed by atoms with Gasteiger partial charge in [-0.1, -0.05) is 5.92 Å². The van der Waals surface area contributed by atoms with E-state index in [0.29, 0.717) is 16.8 Å². The average Bonchev–Trinajstić information content (AvgIpc) is 2.54. The molecule has 0 saturated heterocycles. The zero-order valence-electron chi connectivity index (χ0n) is 12.0. The first kappa shape index (κ1) is 14.5. The van der Waals surface area contributed by atoms with Crippen molar-refractivity contribution in [2.75, 3.05) is 11.1 Å². The lowest BCUT2D eigenvalue weighted by Gasteiger charge is -2.11. The van der Waals surface area contributed by atoms with E-state index in [0.717, 1.165) is 23.2 Å². The van der Waals surface area contributed by atoms with Crippen molar-refractivity contribution in [3.63, 3.8) is 0 Å². The van der Waals surface area contributed by atoms with Crippen LogP contribution >= 0.6 is 0 Å². The highest BCUT2D eigenvalue weighted by Gasteiger charge is 2.09. The minimum Gasteiger partial charge on any atom is -0.398 e. The molecule has 23 heavy (non-hydrogen) atoms. The van der Waals surface area contributed by atoms with Gasteiger partial charge in [0.25, 0.3) is 0 Å². The Balaban J connectivity index is 2.02. The Hall–Kier alpha value is -3.46. The van der Waals surface area contributed by atoms with Crippen LogP contribution in [0.5, 0.6) is 0 Å². The molecule has 0 spiro atoms. The normalized spacial score (nSPS) is 10.3. The third-order valence-electron chi connectivity index (χ3n) is 3.31. The van der Waals surface area contributed by atoms with E-state index in [9.17, 15) is 4.39 Å². The number of nitrogens with one attached hydrogen (secondary N) is 2. The molecule has 0 atom stereocenters.